The molecule has 0 aliphatic heterocycles. The maximum Gasteiger partial charge on any atom is 0.203 e. The lowest BCUT2D eigenvalue weighted by Crippen LogP contribution is -1.99. The van der Waals surface area contributed by atoms with Crippen LogP contribution in [0, 0.1) is 10.1 Å². The van der Waals surface area contributed by atoms with Crippen molar-refractivity contribution in [1.82, 2.24) is 0 Å². The summed E-state index contributed by atoms with van der Waals surface area (Å²) in [4.78, 5) is 19.2. The Bertz CT molecular complexity index is 114. The van der Waals surface area contributed by atoms with Gasteiger partial charge in [-0.2, -0.15) is 0 Å². The monoisotopic (exact) mass is 145 g/mol. The van der Waals surface area contributed by atoms with Crippen LogP contribution in [0.3, 0.4) is 0 Å². The van der Waals surface area contributed by atoms with Gasteiger partial charge in [0.2, 0.25) is 6.54 Å². The first-order valence-corrected chi connectivity index (χ1v) is 3.33. The first-order chi connectivity index (χ1) is 4.77. The van der Waals surface area contributed by atoms with Crippen LogP contribution in [0.5, 0.6) is 0 Å². The van der Waals surface area contributed by atoms with Crippen molar-refractivity contribution < 1.29 is 9.72 Å². The van der Waals surface area contributed by atoms with E-state index in [4.69, 9.17) is 0 Å². The number of carbonyl (C=O) groups is 1. The largest absolute Gasteiger partial charge is 0.303 e. The Balaban J connectivity index is 2.90. The molecule has 0 unspecified atom stereocenters. The van der Waals surface area contributed by atoms with E-state index in [1.807, 2.05) is 0 Å². The number of aldehydes is 1. The smallest absolute Gasteiger partial charge is 0.203 e. The fraction of sp³-hybridized carbons (Fsp3) is 0.833. The van der Waals surface area contributed by atoms with Crippen LogP contribution < -0.4 is 0 Å². The molecule has 0 heterocycles. The van der Waals surface area contributed by atoms with Crippen LogP contribution in [0.25, 0.3) is 0 Å². The van der Waals surface area contributed by atoms with Crippen molar-refractivity contribution in [3.05, 3.63) is 10.1 Å². The van der Waals surface area contributed by atoms with Gasteiger partial charge < -0.3 is 4.79 Å². The minimum absolute atomic E-state index is 0.0266. The van der Waals surface area contributed by atoms with Gasteiger partial charge in [0.15, 0.2) is 0 Å². The molecule has 0 rings (SSSR count). The molecule has 0 N–H and O–H groups in total. The normalized spacial score (nSPS) is 9.20. The highest BCUT2D eigenvalue weighted by atomic mass is 16.6. The molecule has 58 valence electrons. The summed E-state index contributed by atoms with van der Waals surface area (Å²) < 4.78 is 0. The minimum Gasteiger partial charge on any atom is -0.303 e. The summed E-state index contributed by atoms with van der Waals surface area (Å²) in [5, 5.41) is 9.77. The van der Waals surface area contributed by atoms with Crippen LogP contribution in [-0.4, -0.2) is 17.8 Å². The van der Waals surface area contributed by atoms with E-state index in [2.05, 4.69) is 0 Å². The zero-order valence-electron chi connectivity index (χ0n) is 5.78. The average molecular weight is 145 g/mol. The van der Waals surface area contributed by atoms with Crippen molar-refractivity contribution >= 4 is 6.29 Å². The minimum atomic E-state index is -0.332. The van der Waals surface area contributed by atoms with E-state index < -0.39 is 0 Å². The van der Waals surface area contributed by atoms with E-state index in [-0.39, 0.29) is 11.5 Å². The Morgan fingerprint density at radius 1 is 1.30 bits per heavy atom. The molecule has 0 aromatic rings. The molecule has 10 heavy (non-hydrogen) atoms. The fourth-order valence-electron chi connectivity index (χ4n) is 0.645. The Morgan fingerprint density at radius 2 is 2.00 bits per heavy atom. The van der Waals surface area contributed by atoms with E-state index in [9.17, 15) is 14.9 Å². The highest BCUT2D eigenvalue weighted by Crippen LogP contribution is 1.96. The third kappa shape index (κ3) is 7.07. The summed E-state index contributed by atoms with van der Waals surface area (Å²) >= 11 is 0. The van der Waals surface area contributed by atoms with Crippen LogP contribution >= 0.6 is 0 Å². The molecule has 0 saturated carbocycles. The summed E-state index contributed by atoms with van der Waals surface area (Å²) in [6.45, 7) is 0.0266. The quantitative estimate of drug-likeness (QED) is 0.242. The van der Waals surface area contributed by atoms with Crippen LogP contribution in [0.1, 0.15) is 25.7 Å². The zero-order chi connectivity index (χ0) is 7.82. The van der Waals surface area contributed by atoms with E-state index in [1.54, 1.807) is 0 Å². The molecule has 0 amide bonds. The predicted octanol–water partition coefficient (Wildman–Crippen LogP) is 1.02. The number of nitrogens with zero attached hydrogens (tertiary/aromatic N) is 1. The van der Waals surface area contributed by atoms with Gasteiger partial charge in [0.25, 0.3) is 0 Å². The summed E-state index contributed by atoms with van der Waals surface area (Å²) in [6.07, 6.45) is 3.50. The molecule has 0 aliphatic carbocycles. The second-order valence-corrected chi connectivity index (χ2v) is 2.07. The molecule has 0 bridgehead atoms. The number of unbranched alkanes of at least 4 members (excludes halogenated alkanes) is 3. The van der Waals surface area contributed by atoms with E-state index in [1.165, 1.54) is 0 Å². The van der Waals surface area contributed by atoms with Gasteiger partial charge in [-0.1, -0.05) is 0 Å². The third-order valence-corrected chi connectivity index (χ3v) is 1.16. The molecule has 0 aliphatic rings. The molecule has 0 atom stereocenters. The van der Waals surface area contributed by atoms with Crippen molar-refractivity contribution in [2.24, 2.45) is 0 Å². The molecule has 0 aromatic heterocycles. The number of rotatable bonds is 6. The van der Waals surface area contributed by atoms with Crippen molar-refractivity contribution in [1.29, 1.82) is 0 Å². The highest BCUT2D eigenvalue weighted by molar-refractivity contribution is 5.48. The fourth-order valence-corrected chi connectivity index (χ4v) is 0.645. The molecular weight excluding hydrogens is 134 g/mol. The van der Waals surface area contributed by atoms with E-state index >= 15 is 0 Å². The average Bonchev–Trinajstić information content (AvgIpc) is 1.87. The third-order valence-electron chi connectivity index (χ3n) is 1.16. The van der Waals surface area contributed by atoms with E-state index in [0.29, 0.717) is 12.8 Å². The number of hydrogen-bond acceptors (Lipinski definition) is 3. The molecular formula is C6H11NO3. The predicted molar refractivity (Wildman–Crippen MR) is 36.4 cm³/mol. The van der Waals surface area contributed by atoms with Crippen molar-refractivity contribution in [3.63, 3.8) is 0 Å². The molecule has 0 fully saturated rings. The van der Waals surface area contributed by atoms with Gasteiger partial charge in [-0.3, -0.25) is 10.1 Å². The molecule has 0 aromatic carbocycles. The van der Waals surface area contributed by atoms with Crippen molar-refractivity contribution in [2.75, 3.05) is 6.54 Å². The maximum absolute atomic E-state index is 9.77. The van der Waals surface area contributed by atoms with Gasteiger partial charge in [0, 0.05) is 17.8 Å². The molecule has 4 heteroatoms. The van der Waals surface area contributed by atoms with E-state index in [0.717, 1.165) is 19.1 Å². The van der Waals surface area contributed by atoms with Crippen molar-refractivity contribution in [3.8, 4) is 0 Å². The summed E-state index contributed by atoms with van der Waals surface area (Å²) in [6, 6.07) is 0. The van der Waals surface area contributed by atoms with Crippen LogP contribution in [0.2, 0.25) is 0 Å². The van der Waals surface area contributed by atoms with Crippen LogP contribution in [0.4, 0.5) is 0 Å². The second-order valence-electron chi connectivity index (χ2n) is 2.07. The van der Waals surface area contributed by atoms with Gasteiger partial charge in [0.1, 0.15) is 6.29 Å². The summed E-state index contributed by atoms with van der Waals surface area (Å²) in [5.74, 6) is 0. The Labute approximate surface area is 59.4 Å². The first kappa shape index (κ1) is 9.07. The van der Waals surface area contributed by atoms with Gasteiger partial charge >= 0.3 is 0 Å². The molecule has 0 spiro atoms. The zero-order valence-corrected chi connectivity index (χ0v) is 5.78. The summed E-state index contributed by atoms with van der Waals surface area (Å²) in [7, 11) is 0. The molecule has 4 nitrogen and oxygen atoms in total. The lowest BCUT2D eigenvalue weighted by molar-refractivity contribution is -0.480. The lowest BCUT2D eigenvalue weighted by atomic mass is 10.2. The lowest BCUT2D eigenvalue weighted by Gasteiger charge is -1.91. The maximum atomic E-state index is 9.77. The topological polar surface area (TPSA) is 60.2 Å². The Morgan fingerprint density at radius 3 is 2.50 bits per heavy atom. The molecule has 0 saturated heterocycles. The number of nitro groups is 1. The Hall–Kier alpha value is -0.930. The summed E-state index contributed by atoms with van der Waals surface area (Å²) in [5.41, 5.74) is 0. The van der Waals surface area contributed by atoms with Gasteiger partial charge in [0.05, 0.1) is 0 Å². The standard InChI is InChI=1S/C6H11NO3/c8-6-4-2-1-3-5-7(9)10/h6H,1-5H2. The van der Waals surface area contributed by atoms with Gasteiger partial charge in [-0.25, -0.2) is 0 Å². The Kier molecular flexibility index (Phi) is 5.62. The first-order valence-electron chi connectivity index (χ1n) is 3.33. The van der Waals surface area contributed by atoms with Crippen LogP contribution in [-0.2, 0) is 4.79 Å². The van der Waals surface area contributed by atoms with Crippen molar-refractivity contribution in [2.45, 2.75) is 25.7 Å². The SMILES string of the molecule is O=CCCCCC[N+](=O)[O-]. The van der Waals surface area contributed by atoms with Crippen LogP contribution in [0.15, 0.2) is 0 Å². The molecule has 0 radical (unpaired) electrons. The number of carbonyl (C=O) groups excluding carboxylic acids is 1. The number of hydrogen-bond donors (Lipinski definition) is 0. The van der Waals surface area contributed by atoms with Gasteiger partial charge in [-0.05, 0) is 12.8 Å². The second kappa shape index (κ2) is 6.19. The highest BCUT2D eigenvalue weighted by Gasteiger charge is 1.95. The van der Waals surface area contributed by atoms with Gasteiger partial charge in [-0.15, -0.1) is 0 Å².